The summed E-state index contributed by atoms with van der Waals surface area (Å²) >= 11 is 2.29. The van der Waals surface area contributed by atoms with Crippen molar-refractivity contribution in [3.05, 3.63) is 27.3 Å². The van der Waals surface area contributed by atoms with Crippen LogP contribution in [0.3, 0.4) is 0 Å². The lowest BCUT2D eigenvalue weighted by Crippen LogP contribution is -2.08. The smallest absolute Gasteiger partial charge is 0.116 e. The molecule has 3 heteroatoms. The van der Waals surface area contributed by atoms with Crippen LogP contribution in [0, 0.1) is 3.57 Å². The van der Waals surface area contributed by atoms with Crippen LogP contribution in [0.15, 0.2) is 18.2 Å². The number of hydrogen-bond donors (Lipinski definition) is 2. The Morgan fingerprint density at radius 1 is 1.46 bits per heavy atom. The van der Waals surface area contributed by atoms with Gasteiger partial charge in [0, 0.05) is 10.1 Å². The monoisotopic (exact) mass is 289 g/mol. The number of nitrogens with one attached hydrogen (secondary N) is 1. The van der Waals surface area contributed by atoms with Crippen LogP contribution < -0.4 is 5.32 Å². The lowest BCUT2D eigenvalue weighted by Gasteiger charge is -2.10. The van der Waals surface area contributed by atoms with Gasteiger partial charge in [0.15, 0.2) is 0 Å². The standard InChI is InChI=1S/C10H12INO/c11-10-5-8(13)1-2-9(10)7-3-4-12-6-7/h1-2,5,7,12-13H,3-4,6H2/t7-/m1/s1. The van der Waals surface area contributed by atoms with Gasteiger partial charge in [0.1, 0.15) is 5.75 Å². The predicted molar refractivity (Wildman–Crippen MR) is 61.1 cm³/mol. The van der Waals surface area contributed by atoms with Crippen LogP contribution >= 0.6 is 22.6 Å². The highest BCUT2D eigenvalue weighted by Gasteiger charge is 2.18. The van der Waals surface area contributed by atoms with Gasteiger partial charge >= 0.3 is 0 Å². The predicted octanol–water partition coefficient (Wildman–Crippen LogP) is 2.07. The van der Waals surface area contributed by atoms with E-state index in [2.05, 4.69) is 27.9 Å². The van der Waals surface area contributed by atoms with Gasteiger partial charge in [-0.05, 0) is 59.2 Å². The molecule has 0 radical (unpaired) electrons. The van der Waals surface area contributed by atoms with Crippen molar-refractivity contribution in [2.45, 2.75) is 12.3 Å². The Kier molecular flexibility index (Phi) is 2.74. The topological polar surface area (TPSA) is 32.3 Å². The summed E-state index contributed by atoms with van der Waals surface area (Å²) in [6.07, 6.45) is 1.21. The van der Waals surface area contributed by atoms with Crippen molar-refractivity contribution in [1.82, 2.24) is 5.32 Å². The maximum Gasteiger partial charge on any atom is 0.116 e. The third kappa shape index (κ3) is 1.96. The summed E-state index contributed by atoms with van der Waals surface area (Å²) in [5, 5.41) is 12.6. The van der Waals surface area contributed by atoms with Gasteiger partial charge in [-0.25, -0.2) is 0 Å². The number of halogens is 1. The van der Waals surface area contributed by atoms with E-state index in [-0.39, 0.29) is 0 Å². The van der Waals surface area contributed by atoms with E-state index in [0.717, 1.165) is 13.1 Å². The van der Waals surface area contributed by atoms with Crippen molar-refractivity contribution in [2.24, 2.45) is 0 Å². The first kappa shape index (κ1) is 9.27. The molecule has 1 aliphatic rings. The zero-order valence-corrected chi connectivity index (χ0v) is 9.41. The highest BCUT2D eigenvalue weighted by atomic mass is 127. The van der Waals surface area contributed by atoms with E-state index in [4.69, 9.17) is 0 Å². The molecule has 1 atom stereocenters. The Hall–Kier alpha value is -0.290. The molecule has 13 heavy (non-hydrogen) atoms. The number of aromatic hydroxyl groups is 1. The van der Waals surface area contributed by atoms with Gasteiger partial charge in [-0.1, -0.05) is 6.07 Å². The molecule has 2 rings (SSSR count). The van der Waals surface area contributed by atoms with E-state index < -0.39 is 0 Å². The van der Waals surface area contributed by atoms with Crippen LogP contribution in [0.2, 0.25) is 0 Å². The largest absolute Gasteiger partial charge is 0.508 e. The van der Waals surface area contributed by atoms with E-state index in [1.54, 1.807) is 6.07 Å². The third-order valence-electron chi connectivity index (χ3n) is 2.48. The zero-order valence-electron chi connectivity index (χ0n) is 7.26. The normalized spacial score (nSPS) is 22.1. The molecule has 0 bridgehead atoms. The second-order valence-electron chi connectivity index (χ2n) is 3.40. The van der Waals surface area contributed by atoms with Crippen molar-refractivity contribution in [2.75, 3.05) is 13.1 Å². The average Bonchev–Trinajstić information content (AvgIpc) is 2.56. The lowest BCUT2D eigenvalue weighted by atomic mass is 9.98. The molecule has 2 N–H and O–H groups in total. The summed E-state index contributed by atoms with van der Waals surface area (Å²) in [6.45, 7) is 2.18. The average molecular weight is 289 g/mol. The Labute approximate surface area is 91.5 Å². The molecular weight excluding hydrogens is 277 g/mol. The van der Waals surface area contributed by atoms with Crippen molar-refractivity contribution < 1.29 is 5.11 Å². The first-order valence-electron chi connectivity index (χ1n) is 4.46. The lowest BCUT2D eigenvalue weighted by molar-refractivity contribution is 0.474. The van der Waals surface area contributed by atoms with Crippen LogP contribution in [0.25, 0.3) is 0 Å². The first-order chi connectivity index (χ1) is 6.27. The minimum atomic E-state index is 0.360. The highest BCUT2D eigenvalue weighted by Crippen LogP contribution is 2.28. The van der Waals surface area contributed by atoms with Crippen LogP contribution in [-0.4, -0.2) is 18.2 Å². The van der Waals surface area contributed by atoms with Crippen LogP contribution in [0.5, 0.6) is 5.75 Å². The fourth-order valence-electron chi connectivity index (χ4n) is 1.77. The van der Waals surface area contributed by atoms with Crippen molar-refractivity contribution in [3.8, 4) is 5.75 Å². The van der Waals surface area contributed by atoms with Gasteiger partial charge in [0.25, 0.3) is 0 Å². The molecule has 0 saturated carbocycles. The second kappa shape index (κ2) is 3.84. The van der Waals surface area contributed by atoms with Gasteiger partial charge in [-0.3, -0.25) is 0 Å². The summed E-state index contributed by atoms with van der Waals surface area (Å²) < 4.78 is 1.17. The number of rotatable bonds is 1. The summed E-state index contributed by atoms with van der Waals surface area (Å²) in [5.74, 6) is 0.992. The van der Waals surface area contributed by atoms with Gasteiger partial charge in [-0.2, -0.15) is 0 Å². The molecule has 0 unspecified atom stereocenters. The molecule has 1 aliphatic heterocycles. The molecule has 1 aromatic carbocycles. The summed E-state index contributed by atoms with van der Waals surface area (Å²) in [6, 6.07) is 5.64. The van der Waals surface area contributed by atoms with Crippen LogP contribution in [-0.2, 0) is 0 Å². The molecule has 1 saturated heterocycles. The molecule has 1 aromatic rings. The summed E-state index contributed by atoms with van der Waals surface area (Å²) in [7, 11) is 0. The number of phenols is 1. The van der Waals surface area contributed by atoms with Crippen molar-refractivity contribution in [1.29, 1.82) is 0 Å². The van der Waals surface area contributed by atoms with E-state index in [1.807, 2.05) is 12.1 Å². The van der Waals surface area contributed by atoms with Gasteiger partial charge < -0.3 is 10.4 Å². The van der Waals surface area contributed by atoms with Gasteiger partial charge in [0.05, 0.1) is 0 Å². The summed E-state index contributed by atoms with van der Waals surface area (Å²) in [5.41, 5.74) is 1.36. The van der Waals surface area contributed by atoms with Crippen LogP contribution in [0.1, 0.15) is 17.9 Å². The Balaban J connectivity index is 2.29. The molecule has 2 nitrogen and oxygen atoms in total. The minimum Gasteiger partial charge on any atom is -0.508 e. The molecule has 1 heterocycles. The molecule has 1 fully saturated rings. The van der Waals surface area contributed by atoms with E-state index >= 15 is 0 Å². The van der Waals surface area contributed by atoms with Crippen molar-refractivity contribution in [3.63, 3.8) is 0 Å². The highest BCUT2D eigenvalue weighted by molar-refractivity contribution is 14.1. The first-order valence-corrected chi connectivity index (χ1v) is 5.54. The maximum absolute atomic E-state index is 9.26. The molecule has 70 valence electrons. The molecular formula is C10H12INO. The van der Waals surface area contributed by atoms with E-state index in [0.29, 0.717) is 11.7 Å². The molecule has 0 aliphatic carbocycles. The SMILES string of the molecule is Oc1ccc([C@@H]2CCNC2)c(I)c1. The summed E-state index contributed by atoms with van der Waals surface area (Å²) in [4.78, 5) is 0. The molecule has 0 spiro atoms. The maximum atomic E-state index is 9.26. The number of benzene rings is 1. The quantitative estimate of drug-likeness (QED) is 0.776. The van der Waals surface area contributed by atoms with E-state index in [9.17, 15) is 5.11 Å². The molecule has 0 amide bonds. The van der Waals surface area contributed by atoms with E-state index in [1.165, 1.54) is 15.6 Å². The van der Waals surface area contributed by atoms with Gasteiger partial charge in [0.2, 0.25) is 0 Å². The van der Waals surface area contributed by atoms with Crippen molar-refractivity contribution >= 4 is 22.6 Å². The fraction of sp³-hybridized carbons (Fsp3) is 0.400. The van der Waals surface area contributed by atoms with Gasteiger partial charge in [-0.15, -0.1) is 0 Å². The Bertz CT molecular complexity index is 308. The Morgan fingerprint density at radius 2 is 2.31 bits per heavy atom. The number of phenolic OH excluding ortho intramolecular Hbond substituents is 1. The minimum absolute atomic E-state index is 0.360. The zero-order chi connectivity index (χ0) is 9.26. The third-order valence-corrected chi connectivity index (χ3v) is 3.42. The number of hydrogen-bond acceptors (Lipinski definition) is 2. The van der Waals surface area contributed by atoms with Crippen LogP contribution in [0.4, 0.5) is 0 Å². The fourth-order valence-corrected chi connectivity index (χ4v) is 2.71. The second-order valence-corrected chi connectivity index (χ2v) is 4.56. The Morgan fingerprint density at radius 3 is 2.92 bits per heavy atom. The molecule has 0 aromatic heterocycles.